The van der Waals surface area contributed by atoms with E-state index in [-0.39, 0.29) is 0 Å². The molecule has 33 heavy (non-hydrogen) atoms. The fourth-order valence-electron chi connectivity index (χ4n) is 6.13. The monoisotopic (exact) mass is 548 g/mol. The first-order valence-corrected chi connectivity index (χ1v) is 22.0. The van der Waals surface area contributed by atoms with Gasteiger partial charge in [0, 0.05) is 0 Å². The molecule has 0 saturated carbocycles. The van der Waals surface area contributed by atoms with Crippen LogP contribution in [0.5, 0.6) is 0 Å². The van der Waals surface area contributed by atoms with Crippen molar-refractivity contribution >= 4 is 39.0 Å². The van der Waals surface area contributed by atoms with Crippen LogP contribution in [0.3, 0.4) is 0 Å². The van der Waals surface area contributed by atoms with Crippen molar-refractivity contribution in [3.63, 3.8) is 0 Å². The quantitative estimate of drug-likeness (QED) is 0.232. The van der Waals surface area contributed by atoms with Gasteiger partial charge in [0.2, 0.25) is 0 Å². The molecule has 0 aliphatic carbocycles. The molecule has 0 bridgehead atoms. The molecule has 0 saturated heterocycles. The van der Waals surface area contributed by atoms with Gasteiger partial charge in [0.05, 0.1) is 0 Å². The zero-order valence-corrected chi connectivity index (χ0v) is 25.5. The Balaban J connectivity index is 3.00. The average Bonchev–Trinajstić information content (AvgIpc) is 2.84. The molecule has 0 amide bonds. The molecule has 0 N–H and O–H groups in total. The third-order valence-electron chi connectivity index (χ3n) is 7.74. The van der Waals surface area contributed by atoms with E-state index in [2.05, 4.69) is 112 Å². The van der Waals surface area contributed by atoms with Crippen LogP contribution in [0, 0.1) is 0 Å². The SMILES string of the molecule is CCB(CC)/C(CC)=[C](/c1ccccc1)[Sn]([CH3])([CH3])/[C](=C(/CC)B(CC)CC)c1ccccc1. The van der Waals surface area contributed by atoms with Crippen LogP contribution in [0.15, 0.2) is 71.6 Å². The summed E-state index contributed by atoms with van der Waals surface area (Å²) in [7, 11) is 0. The van der Waals surface area contributed by atoms with Crippen LogP contribution in [0.25, 0.3) is 7.18 Å². The third kappa shape index (κ3) is 6.50. The van der Waals surface area contributed by atoms with Gasteiger partial charge in [-0.1, -0.05) is 0 Å². The molecule has 0 heterocycles. The van der Waals surface area contributed by atoms with Crippen LogP contribution in [0.2, 0.25) is 35.2 Å². The summed E-state index contributed by atoms with van der Waals surface area (Å²) < 4.78 is 3.52. The van der Waals surface area contributed by atoms with Crippen molar-refractivity contribution in [2.45, 2.75) is 89.5 Å². The number of rotatable bonds is 12. The van der Waals surface area contributed by atoms with Crippen molar-refractivity contribution in [3.8, 4) is 0 Å². The van der Waals surface area contributed by atoms with Crippen molar-refractivity contribution in [1.29, 1.82) is 0 Å². The van der Waals surface area contributed by atoms with Crippen LogP contribution in [-0.2, 0) is 0 Å². The molecule has 0 fully saturated rings. The summed E-state index contributed by atoms with van der Waals surface area (Å²) in [5, 5.41) is 0. The topological polar surface area (TPSA) is 0 Å². The molecule has 3 heteroatoms. The normalized spacial score (nSPS) is 13.3. The predicted octanol–water partition coefficient (Wildman–Crippen LogP) is 9.65. The van der Waals surface area contributed by atoms with Gasteiger partial charge >= 0.3 is 211 Å². The predicted molar refractivity (Wildman–Crippen MR) is 158 cm³/mol. The Morgan fingerprint density at radius 2 is 0.848 bits per heavy atom. The van der Waals surface area contributed by atoms with E-state index in [1.54, 1.807) is 18.1 Å². The second kappa shape index (κ2) is 13.7. The van der Waals surface area contributed by atoms with Gasteiger partial charge in [0.1, 0.15) is 0 Å². The molecule has 0 spiro atoms. The summed E-state index contributed by atoms with van der Waals surface area (Å²) in [6, 6.07) is 22.8. The van der Waals surface area contributed by atoms with Gasteiger partial charge < -0.3 is 0 Å². The average molecular weight is 547 g/mol. The Morgan fingerprint density at radius 3 is 1.09 bits per heavy atom. The summed E-state index contributed by atoms with van der Waals surface area (Å²) in [5.74, 6) is 0. The zero-order valence-electron chi connectivity index (χ0n) is 22.7. The van der Waals surface area contributed by atoms with E-state index in [1.165, 1.54) is 36.4 Å². The summed E-state index contributed by atoms with van der Waals surface area (Å²) >= 11 is -3.04. The molecule has 0 nitrogen and oxygen atoms in total. The van der Waals surface area contributed by atoms with E-state index in [9.17, 15) is 0 Å². The Kier molecular flexibility index (Phi) is 11.6. The summed E-state index contributed by atoms with van der Waals surface area (Å²) in [5.41, 5.74) is 6.44. The van der Waals surface area contributed by atoms with Gasteiger partial charge in [-0.05, 0) is 0 Å². The molecule has 2 aromatic carbocycles. The molecule has 0 unspecified atom stereocenters. The van der Waals surface area contributed by atoms with Crippen molar-refractivity contribution in [2.75, 3.05) is 0 Å². The molecule has 2 rings (SSSR count). The van der Waals surface area contributed by atoms with Gasteiger partial charge in [-0.3, -0.25) is 0 Å². The number of benzene rings is 2. The summed E-state index contributed by atoms with van der Waals surface area (Å²) in [4.78, 5) is 5.41. The van der Waals surface area contributed by atoms with Crippen LogP contribution >= 0.6 is 0 Å². The number of hydrogen-bond donors (Lipinski definition) is 0. The van der Waals surface area contributed by atoms with Gasteiger partial charge in [0.15, 0.2) is 0 Å². The van der Waals surface area contributed by atoms with Gasteiger partial charge in [-0.15, -0.1) is 0 Å². The van der Waals surface area contributed by atoms with E-state index in [4.69, 9.17) is 0 Å². The maximum atomic E-state index is 2.70. The van der Waals surface area contributed by atoms with Gasteiger partial charge in [0.25, 0.3) is 0 Å². The summed E-state index contributed by atoms with van der Waals surface area (Å²) in [6.45, 7) is 15.7. The molecule has 0 radical (unpaired) electrons. The second-order valence-electron chi connectivity index (χ2n) is 9.89. The molecule has 0 atom stereocenters. The van der Waals surface area contributed by atoms with E-state index < -0.39 is 18.4 Å². The fraction of sp³-hybridized carbons (Fsp3) is 0.467. The Labute approximate surface area is 210 Å². The van der Waals surface area contributed by atoms with E-state index in [0.717, 1.165) is 12.8 Å². The maximum absolute atomic E-state index is 3.04. The molecule has 176 valence electrons. The molecular formula is C30H46B2Sn. The third-order valence-corrected chi connectivity index (χ3v) is 18.4. The Morgan fingerprint density at radius 1 is 0.545 bits per heavy atom. The number of allylic oxidation sites excluding steroid dienone is 2. The van der Waals surface area contributed by atoms with Crippen LogP contribution < -0.4 is 0 Å². The van der Waals surface area contributed by atoms with Crippen LogP contribution in [0.1, 0.15) is 65.5 Å². The fourth-order valence-corrected chi connectivity index (χ4v) is 18.7. The molecule has 0 aromatic heterocycles. The molecular weight excluding hydrogens is 501 g/mol. The zero-order chi connectivity index (χ0) is 24.4. The first kappa shape index (κ1) is 28.1. The Hall–Kier alpha value is -1.15. The van der Waals surface area contributed by atoms with Gasteiger partial charge in [-0.25, -0.2) is 0 Å². The van der Waals surface area contributed by atoms with E-state index >= 15 is 0 Å². The van der Waals surface area contributed by atoms with Crippen LogP contribution in [-0.4, -0.2) is 31.8 Å². The van der Waals surface area contributed by atoms with E-state index in [0.29, 0.717) is 13.4 Å². The second-order valence-corrected chi connectivity index (χ2v) is 22.0. The minimum atomic E-state index is -3.04. The first-order chi connectivity index (χ1) is 15.9. The van der Waals surface area contributed by atoms with Crippen molar-refractivity contribution < 1.29 is 0 Å². The standard InChI is InChI=1S/2C14H20B.2CH3.Sn/c2*1-4-14(15(5-2)6-3)12-13-10-8-7-9-11-13;;;/h2*7-11H,4-6H2,1-3H3;2*1H3;. The van der Waals surface area contributed by atoms with Crippen molar-refractivity contribution in [1.82, 2.24) is 0 Å². The van der Waals surface area contributed by atoms with Gasteiger partial charge in [-0.2, -0.15) is 0 Å². The molecule has 0 aliphatic heterocycles. The van der Waals surface area contributed by atoms with Crippen molar-refractivity contribution in [2.24, 2.45) is 0 Å². The molecule has 2 aromatic rings. The Bertz CT molecular complexity index is 829. The minimum absolute atomic E-state index is 0.677. The van der Waals surface area contributed by atoms with E-state index in [1.807, 2.05) is 0 Å². The summed E-state index contributed by atoms with van der Waals surface area (Å²) in [6.07, 6.45) is 7.24. The molecule has 0 aliphatic rings. The van der Waals surface area contributed by atoms with Crippen molar-refractivity contribution in [3.05, 3.63) is 82.7 Å². The number of hydrogen-bond acceptors (Lipinski definition) is 0. The first-order valence-electron chi connectivity index (χ1n) is 13.5. The van der Waals surface area contributed by atoms with Crippen LogP contribution in [0.4, 0.5) is 0 Å².